The SMILES string of the molecule is COc1ccc(C)cc1C(N)COC1COC1. The lowest BCUT2D eigenvalue weighted by molar-refractivity contribution is -0.131. The van der Waals surface area contributed by atoms with Crippen LogP contribution in [0, 0.1) is 6.92 Å². The summed E-state index contributed by atoms with van der Waals surface area (Å²) in [5.41, 5.74) is 8.28. The molecule has 1 aliphatic heterocycles. The van der Waals surface area contributed by atoms with Crippen molar-refractivity contribution in [3.8, 4) is 5.75 Å². The van der Waals surface area contributed by atoms with Gasteiger partial charge >= 0.3 is 0 Å². The van der Waals surface area contributed by atoms with Crippen LogP contribution in [-0.4, -0.2) is 33.0 Å². The minimum absolute atomic E-state index is 0.162. The van der Waals surface area contributed by atoms with Crippen molar-refractivity contribution in [2.75, 3.05) is 26.9 Å². The monoisotopic (exact) mass is 237 g/mol. The van der Waals surface area contributed by atoms with Gasteiger partial charge in [0.2, 0.25) is 0 Å². The van der Waals surface area contributed by atoms with Gasteiger partial charge in [-0.3, -0.25) is 0 Å². The summed E-state index contributed by atoms with van der Waals surface area (Å²) in [4.78, 5) is 0. The first-order valence-corrected chi connectivity index (χ1v) is 5.80. The molecule has 0 bridgehead atoms. The van der Waals surface area contributed by atoms with Crippen LogP contribution in [0.2, 0.25) is 0 Å². The van der Waals surface area contributed by atoms with Gasteiger partial charge in [-0.2, -0.15) is 0 Å². The molecule has 4 heteroatoms. The molecule has 0 radical (unpaired) electrons. The number of ether oxygens (including phenoxy) is 3. The maximum Gasteiger partial charge on any atom is 0.123 e. The third-order valence-corrected chi connectivity index (χ3v) is 2.90. The lowest BCUT2D eigenvalue weighted by Gasteiger charge is -2.27. The van der Waals surface area contributed by atoms with Crippen molar-refractivity contribution in [3.63, 3.8) is 0 Å². The van der Waals surface area contributed by atoms with Crippen molar-refractivity contribution < 1.29 is 14.2 Å². The Bertz CT molecular complexity index is 377. The fourth-order valence-electron chi connectivity index (χ4n) is 1.78. The second-order valence-corrected chi connectivity index (χ2v) is 4.34. The van der Waals surface area contributed by atoms with Gasteiger partial charge in [0.1, 0.15) is 11.9 Å². The molecule has 1 fully saturated rings. The minimum Gasteiger partial charge on any atom is -0.496 e. The summed E-state index contributed by atoms with van der Waals surface area (Å²) in [5, 5.41) is 0. The Morgan fingerprint density at radius 1 is 1.47 bits per heavy atom. The van der Waals surface area contributed by atoms with Crippen molar-refractivity contribution in [2.24, 2.45) is 5.73 Å². The predicted octanol–water partition coefficient (Wildman–Crippen LogP) is 1.42. The van der Waals surface area contributed by atoms with Gasteiger partial charge in [-0.15, -0.1) is 0 Å². The van der Waals surface area contributed by atoms with Gasteiger partial charge in [-0.05, 0) is 13.0 Å². The van der Waals surface area contributed by atoms with Crippen LogP contribution in [0.1, 0.15) is 17.2 Å². The number of hydrogen-bond donors (Lipinski definition) is 1. The molecule has 1 heterocycles. The molecule has 1 aromatic rings. The molecule has 1 aromatic carbocycles. The van der Waals surface area contributed by atoms with Crippen molar-refractivity contribution in [2.45, 2.75) is 19.1 Å². The Kier molecular flexibility index (Phi) is 3.99. The molecule has 17 heavy (non-hydrogen) atoms. The average molecular weight is 237 g/mol. The maximum atomic E-state index is 6.12. The molecule has 1 saturated heterocycles. The molecule has 0 saturated carbocycles. The summed E-state index contributed by atoms with van der Waals surface area (Å²) in [6, 6.07) is 5.84. The number of rotatable bonds is 5. The molecule has 0 aromatic heterocycles. The molecular weight excluding hydrogens is 218 g/mol. The highest BCUT2D eigenvalue weighted by atomic mass is 16.6. The molecule has 1 unspecified atom stereocenters. The Hall–Kier alpha value is -1.10. The highest BCUT2D eigenvalue weighted by Gasteiger charge is 2.21. The summed E-state index contributed by atoms with van der Waals surface area (Å²) < 4.78 is 16.0. The van der Waals surface area contributed by atoms with E-state index in [0.717, 1.165) is 11.3 Å². The fourth-order valence-corrected chi connectivity index (χ4v) is 1.78. The largest absolute Gasteiger partial charge is 0.496 e. The topological polar surface area (TPSA) is 53.7 Å². The van der Waals surface area contributed by atoms with Gasteiger partial charge < -0.3 is 19.9 Å². The first kappa shape index (κ1) is 12.4. The summed E-state index contributed by atoms with van der Waals surface area (Å²) in [7, 11) is 1.65. The van der Waals surface area contributed by atoms with E-state index in [9.17, 15) is 0 Å². The van der Waals surface area contributed by atoms with Crippen LogP contribution < -0.4 is 10.5 Å². The molecule has 0 aliphatic carbocycles. The second-order valence-electron chi connectivity index (χ2n) is 4.34. The van der Waals surface area contributed by atoms with E-state index in [0.29, 0.717) is 19.8 Å². The maximum absolute atomic E-state index is 6.12. The lowest BCUT2D eigenvalue weighted by Crippen LogP contribution is -2.37. The molecule has 2 N–H and O–H groups in total. The number of nitrogens with two attached hydrogens (primary N) is 1. The Morgan fingerprint density at radius 3 is 2.82 bits per heavy atom. The number of aryl methyl sites for hydroxylation is 1. The third-order valence-electron chi connectivity index (χ3n) is 2.90. The molecule has 0 amide bonds. The Balaban J connectivity index is 2.00. The summed E-state index contributed by atoms with van der Waals surface area (Å²) >= 11 is 0. The predicted molar refractivity (Wildman–Crippen MR) is 65.2 cm³/mol. The zero-order valence-electron chi connectivity index (χ0n) is 10.3. The summed E-state index contributed by atoms with van der Waals surface area (Å²) in [6.07, 6.45) is 0.205. The zero-order valence-corrected chi connectivity index (χ0v) is 10.3. The smallest absolute Gasteiger partial charge is 0.123 e. The highest BCUT2D eigenvalue weighted by molar-refractivity contribution is 5.39. The number of methoxy groups -OCH3 is 1. The van der Waals surface area contributed by atoms with E-state index >= 15 is 0 Å². The molecule has 1 atom stereocenters. The zero-order chi connectivity index (χ0) is 12.3. The summed E-state index contributed by atoms with van der Waals surface area (Å²) in [5.74, 6) is 0.816. The van der Waals surface area contributed by atoms with E-state index in [1.54, 1.807) is 7.11 Å². The van der Waals surface area contributed by atoms with E-state index in [-0.39, 0.29) is 12.1 Å². The van der Waals surface area contributed by atoms with Crippen LogP contribution in [0.5, 0.6) is 5.75 Å². The van der Waals surface area contributed by atoms with E-state index in [1.165, 1.54) is 5.56 Å². The van der Waals surface area contributed by atoms with Gasteiger partial charge in [0.25, 0.3) is 0 Å². The van der Waals surface area contributed by atoms with Crippen molar-refractivity contribution in [1.82, 2.24) is 0 Å². The van der Waals surface area contributed by atoms with Crippen LogP contribution in [-0.2, 0) is 9.47 Å². The second kappa shape index (κ2) is 5.49. The van der Waals surface area contributed by atoms with Gasteiger partial charge in [-0.25, -0.2) is 0 Å². The quantitative estimate of drug-likeness (QED) is 0.841. The number of hydrogen-bond acceptors (Lipinski definition) is 4. The van der Waals surface area contributed by atoms with E-state index < -0.39 is 0 Å². The van der Waals surface area contributed by atoms with Gasteiger partial charge in [0, 0.05) is 5.56 Å². The fraction of sp³-hybridized carbons (Fsp3) is 0.538. The van der Waals surface area contributed by atoms with Gasteiger partial charge in [-0.1, -0.05) is 17.7 Å². The van der Waals surface area contributed by atoms with Crippen molar-refractivity contribution in [3.05, 3.63) is 29.3 Å². The van der Waals surface area contributed by atoms with Crippen LogP contribution in [0.4, 0.5) is 0 Å². The number of benzene rings is 1. The molecule has 2 rings (SSSR count). The van der Waals surface area contributed by atoms with E-state index in [4.69, 9.17) is 19.9 Å². The van der Waals surface area contributed by atoms with Crippen molar-refractivity contribution >= 4 is 0 Å². The van der Waals surface area contributed by atoms with E-state index in [1.807, 2.05) is 25.1 Å². The molecule has 94 valence electrons. The molecular formula is C13H19NO3. The average Bonchev–Trinajstić information content (AvgIpc) is 2.26. The van der Waals surface area contributed by atoms with Crippen LogP contribution in [0.25, 0.3) is 0 Å². The van der Waals surface area contributed by atoms with Gasteiger partial charge in [0.15, 0.2) is 0 Å². The third kappa shape index (κ3) is 2.97. The Morgan fingerprint density at radius 2 is 2.24 bits per heavy atom. The molecule has 4 nitrogen and oxygen atoms in total. The van der Waals surface area contributed by atoms with Crippen LogP contribution in [0.3, 0.4) is 0 Å². The molecule has 1 aliphatic rings. The standard InChI is InChI=1S/C13H19NO3/c1-9-3-4-13(15-2)11(5-9)12(14)8-17-10-6-16-7-10/h3-5,10,12H,6-8,14H2,1-2H3. The van der Waals surface area contributed by atoms with Crippen LogP contribution >= 0.6 is 0 Å². The van der Waals surface area contributed by atoms with Gasteiger partial charge in [0.05, 0.1) is 33.0 Å². The molecule has 0 spiro atoms. The lowest BCUT2D eigenvalue weighted by atomic mass is 10.0. The van der Waals surface area contributed by atoms with Crippen LogP contribution in [0.15, 0.2) is 18.2 Å². The summed E-state index contributed by atoms with van der Waals surface area (Å²) in [6.45, 7) is 3.89. The highest BCUT2D eigenvalue weighted by Crippen LogP contribution is 2.25. The Labute approximate surface area is 102 Å². The first-order valence-electron chi connectivity index (χ1n) is 5.80. The normalized spacial score (nSPS) is 17.6. The van der Waals surface area contributed by atoms with Crippen molar-refractivity contribution in [1.29, 1.82) is 0 Å². The minimum atomic E-state index is -0.162. The van der Waals surface area contributed by atoms with E-state index in [2.05, 4.69) is 0 Å². The first-order chi connectivity index (χ1) is 8.20.